The van der Waals surface area contributed by atoms with Crippen LogP contribution in [-0.4, -0.2) is 0 Å². The second-order valence-corrected chi connectivity index (χ2v) is 10.4. The normalized spacial score (nSPS) is 18.8. The zero-order valence-electron chi connectivity index (χ0n) is 20.6. The molecule has 0 radical (unpaired) electrons. The summed E-state index contributed by atoms with van der Waals surface area (Å²) >= 11 is 0. The summed E-state index contributed by atoms with van der Waals surface area (Å²) in [5.41, 5.74) is 1.98. The molecule has 0 bridgehead atoms. The minimum Gasteiger partial charge on any atom is -0.206 e. The molecule has 0 nitrogen and oxygen atoms in total. The molecule has 0 aromatic heterocycles. The SMILES string of the molecule is CCCCC1CCC(CCc2ccc3c(F)c(CCc4ccc(C(F)(F)F)cc4)ccc3c2)CC1. The molecule has 0 heterocycles. The molecule has 4 rings (SSSR count). The van der Waals surface area contributed by atoms with Crippen LogP contribution in [0.2, 0.25) is 0 Å². The van der Waals surface area contributed by atoms with Gasteiger partial charge in [0.25, 0.3) is 0 Å². The number of rotatable bonds is 9. The molecule has 3 aromatic rings. The van der Waals surface area contributed by atoms with E-state index in [1.165, 1.54) is 69.1 Å². The van der Waals surface area contributed by atoms with E-state index in [1.54, 1.807) is 0 Å². The van der Waals surface area contributed by atoms with Crippen molar-refractivity contribution in [3.63, 3.8) is 0 Å². The lowest BCUT2D eigenvalue weighted by Crippen LogP contribution is -2.15. The summed E-state index contributed by atoms with van der Waals surface area (Å²) in [6.45, 7) is 2.27. The molecule has 3 aromatic carbocycles. The summed E-state index contributed by atoms with van der Waals surface area (Å²) in [7, 11) is 0. The van der Waals surface area contributed by atoms with Crippen molar-refractivity contribution in [3.05, 3.63) is 82.7 Å². The highest BCUT2D eigenvalue weighted by molar-refractivity contribution is 5.84. The number of aryl methyl sites for hydroxylation is 3. The van der Waals surface area contributed by atoms with Gasteiger partial charge in [0.2, 0.25) is 0 Å². The van der Waals surface area contributed by atoms with E-state index in [-0.39, 0.29) is 5.82 Å². The van der Waals surface area contributed by atoms with Crippen molar-refractivity contribution in [2.75, 3.05) is 0 Å². The molecule has 0 saturated heterocycles. The van der Waals surface area contributed by atoms with Crippen molar-refractivity contribution in [1.82, 2.24) is 0 Å². The maximum atomic E-state index is 15.2. The summed E-state index contributed by atoms with van der Waals surface area (Å²) in [4.78, 5) is 0. The summed E-state index contributed by atoms with van der Waals surface area (Å²) in [6.07, 6.45) is 8.36. The van der Waals surface area contributed by atoms with E-state index >= 15 is 4.39 Å². The maximum absolute atomic E-state index is 15.2. The van der Waals surface area contributed by atoms with Gasteiger partial charge in [-0.3, -0.25) is 0 Å². The quantitative estimate of drug-likeness (QED) is 0.265. The molecule has 0 unspecified atom stereocenters. The third kappa shape index (κ3) is 6.86. The number of hydrogen-bond donors (Lipinski definition) is 0. The number of unbranched alkanes of at least 4 members (excludes halogenated alkanes) is 1. The van der Waals surface area contributed by atoms with Gasteiger partial charge in [-0.15, -0.1) is 0 Å². The molecule has 0 spiro atoms. The van der Waals surface area contributed by atoms with Crippen molar-refractivity contribution >= 4 is 10.8 Å². The Morgan fingerprint density at radius 2 is 1.40 bits per heavy atom. The first-order valence-corrected chi connectivity index (χ1v) is 13.2. The zero-order valence-corrected chi connectivity index (χ0v) is 20.6. The van der Waals surface area contributed by atoms with Crippen LogP contribution in [0.5, 0.6) is 0 Å². The highest BCUT2D eigenvalue weighted by atomic mass is 19.4. The van der Waals surface area contributed by atoms with Gasteiger partial charge in [-0.1, -0.05) is 94.3 Å². The monoisotopic (exact) mass is 484 g/mol. The van der Waals surface area contributed by atoms with Gasteiger partial charge >= 0.3 is 6.18 Å². The standard InChI is InChI=1S/C31H36F4/c1-2-3-4-22-5-7-23(8-6-22)9-10-25-14-20-29-27(21-25)17-16-26(30(29)32)15-11-24-12-18-28(19-13-24)31(33,34)35/h12-14,16-23H,2-11,15H2,1H3. The third-order valence-corrected chi connectivity index (χ3v) is 7.84. The van der Waals surface area contributed by atoms with Gasteiger partial charge in [0.05, 0.1) is 5.56 Å². The van der Waals surface area contributed by atoms with E-state index < -0.39 is 11.7 Å². The predicted octanol–water partition coefficient (Wildman–Crippen LogP) is 9.71. The number of hydrogen-bond acceptors (Lipinski definition) is 0. The van der Waals surface area contributed by atoms with E-state index in [9.17, 15) is 13.2 Å². The molecule has 0 amide bonds. The molecular formula is C31H36F4. The molecular weight excluding hydrogens is 448 g/mol. The van der Waals surface area contributed by atoms with Crippen molar-refractivity contribution in [1.29, 1.82) is 0 Å². The zero-order chi connectivity index (χ0) is 24.8. The van der Waals surface area contributed by atoms with Crippen molar-refractivity contribution in [2.24, 2.45) is 11.8 Å². The Morgan fingerprint density at radius 3 is 2.06 bits per heavy atom. The molecule has 0 atom stereocenters. The van der Waals surface area contributed by atoms with Crippen molar-refractivity contribution in [2.45, 2.75) is 83.7 Å². The lowest BCUT2D eigenvalue weighted by molar-refractivity contribution is -0.137. The first-order chi connectivity index (χ1) is 16.8. The first-order valence-electron chi connectivity index (χ1n) is 13.2. The number of halogens is 4. The van der Waals surface area contributed by atoms with Gasteiger partial charge in [0.1, 0.15) is 5.82 Å². The third-order valence-electron chi connectivity index (χ3n) is 7.84. The fraction of sp³-hybridized carbons (Fsp3) is 0.484. The van der Waals surface area contributed by atoms with Gasteiger partial charge in [-0.25, -0.2) is 4.39 Å². The summed E-state index contributed by atoms with van der Waals surface area (Å²) in [5.74, 6) is 1.53. The second-order valence-electron chi connectivity index (χ2n) is 10.4. The molecule has 1 aliphatic carbocycles. The summed E-state index contributed by atoms with van der Waals surface area (Å²) < 4.78 is 53.4. The lowest BCUT2D eigenvalue weighted by atomic mass is 9.78. The average Bonchev–Trinajstić information content (AvgIpc) is 2.86. The number of fused-ring (bicyclic) bond motifs is 1. The number of benzene rings is 3. The second kappa shape index (κ2) is 11.6. The molecule has 1 aliphatic rings. The predicted molar refractivity (Wildman–Crippen MR) is 136 cm³/mol. The Kier molecular flexibility index (Phi) is 8.51. The van der Waals surface area contributed by atoms with E-state index in [0.717, 1.165) is 41.3 Å². The Balaban J connectivity index is 1.33. The van der Waals surface area contributed by atoms with Crippen LogP contribution in [0.3, 0.4) is 0 Å². The molecule has 1 fully saturated rings. The molecule has 0 N–H and O–H groups in total. The largest absolute Gasteiger partial charge is 0.416 e. The van der Waals surface area contributed by atoms with Gasteiger partial charge in [0, 0.05) is 5.39 Å². The van der Waals surface area contributed by atoms with Crippen LogP contribution < -0.4 is 0 Å². The topological polar surface area (TPSA) is 0 Å². The average molecular weight is 485 g/mol. The van der Waals surface area contributed by atoms with Gasteiger partial charge in [0.15, 0.2) is 0 Å². The smallest absolute Gasteiger partial charge is 0.206 e. The first kappa shape index (κ1) is 25.7. The van der Waals surface area contributed by atoms with Crippen LogP contribution in [0.4, 0.5) is 17.6 Å². The summed E-state index contributed by atoms with van der Waals surface area (Å²) in [5, 5.41) is 1.54. The Bertz CT molecular complexity index is 1090. The van der Waals surface area contributed by atoms with E-state index in [1.807, 2.05) is 18.2 Å². The van der Waals surface area contributed by atoms with E-state index in [0.29, 0.717) is 23.8 Å². The molecule has 1 saturated carbocycles. The Labute approximate surface area is 206 Å². The fourth-order valence-corrected chi connectivity index (χ4v) is 5.55. The highest BCUT2D eigenvalue weighted by Crippen LogP contribution is 2.34. The van der Waals surface area contributed by atoms with E-state index in [4.69, 9.17) is 0 Å². The van der Waals surface area contributed by atoms with E-state index in [2.05, 4.69) is 19.1 Å². The molecule has 35 heavy (non-hydrogen) atoms. The maximum Gasteiger partial charge on any atom is 0.416 e. The Morgan fingerprint density at radius 1 is 0.743 bits per heavy atom. The Hall–Kier alpha value is -2.36. The van der Waals surface area contributed by atoms with Crippen LogP contribution in [0.15, 0.2) is 54.6 Å². The van der Waals surface area contributed by atoms with Gasteiger partial charge in [-0.05, 0) is 71.7 Å². The highest BCUT2D eigenvalue weighted by Gasteiger charge is 2.29. The van der Waals surface area contributed by atoms with Gasteiger partial charge in [-0.2, -0.15) is 13.2 Å². The minimum atomic E-state index is -4.34. The molecule has 188 valence electrons. The summed E-state index contributed by atoms with van der Waals surface area (Å²) in [6, 6.07) is 15.0. The van der Waals surface area contributed by atoms with Crippen LogP contribution in [0.25, 0.3) is 10.8 Å². The molecule has 4 heteroatoms. The minimum absolute atomic E-state index is 0.216. The fourth-order valence-electron chi connectivity index (χ4n) is 5.55. The van der Waals surface area contributed by atoms with Crippen molar-refractivity contribution < 1.29 is 17.6 Å². The van der Waals surface area contributed by atoms with Crippen LogP contribution >= 0.6 is 0 Å². The lowest BCUT2D eigenvalue weighted by Gasteiger charge is -2.28. The van der Waals surface area contributed by atoms with Crippen LogP contribution in [-0.2, 0) is 25.4 Å². The van der Waals surface area contributed by atoms with Crippen LogP contribution in [0, 0.1) is 17.7 Å². The molecule has 0 aliphatic heterocycles. The number of alkyl halides is 3. The van der Waals surface area contributed by atoms with Crippen LogP contribution in [0.1, 0.15) is 80.5 Å². The van der Waals surface area contributed by atoms with Gasteiger partial charge < -0.3 is 0 Å². The van der Waals surface area contributed by atoms with Crippen molar-refractivity contribution in [3.8, 4) is 0 Å².